The molecule has 0 bridgehead atoms. The molecule has 2 amide bonds. The van der Waals surface area contributed by atoms with Gasteiger partial charge in [-0.3, -0.25) is 4.79 Å². The van der Waals surface area contributed by atoms with E-state index in [0.29, 0.717) is 9.50 Å². The summed E-state index contributed by atoms with van der Waals surface area (Å²) in [6.45, 7) is -0.407. The molecule has 3 atom stereocenters. The number of halogens is 2. The molecular weight excluding hydrogens is 363 g/mol. The number of nitrogens with zero attached hydrogens (tertiary/aromatic N) is 4. The number of amides is 2. The molecule has 11 heteroatoms. The summed E-state index contributed by atoms with van der Waals surface area (Å²) in [6.07, 6.45) is -3.63. The van der Waals surface area contributed by atoms with Gasteiger partial charge >= 0.3 is 0 Å². The van der Waals surface area contributed by atoms with E-state index >= 15 is 0 Å². The lowest BCUT2D eigenvalue weighted by atomic mass is 10.1. The number of aromatic nitrogens is 1. The van der Waals surface area contributed by atoms with E-state index in [0.717, 1.165) is 0 Å². The molecule has 1 aliphatic heterocycles. The lowest BCUT2D eigenvalue weighted by Gasteiger charge is -2.25. The van der Waals surface area contributed by atoms with Crippen LogP contribution in [0.25, 0.3) is 0 Å². The summed E-state index contributed by atoms with van der Waals surface area (Å²) in [5.74, 6) is -0.763. The Bertz CT molecular complexity index is 652. The van der Waals surface area contributed by atoms with E-state index in [1.54, 1.807) is 12.1 Å². The average Bonchev–Trinajstić information content (AvgIpc) is 2.77. The van der Waals surface area contributed by atoms with E-state index in [1.807, 2.05) is 0 Å². The first-order chi connectivity index (χ1) is 10.4. The maximum atomic E-state index is 14.2. The zero-order chi connectivity index (χ0) is 16.3. The molecule has 0 aliphatic carbocycles. The summed E-state index contributed by atoms with van der Waals surface area (Å²) < 4.78 is 14.7. The largest absolute Gasteiger partial charge is 0.530 e. The van der Waals surface area contributed by atoms with Crippen molar-refractivity contribution in [2.24, 2.45) is 5.11 Å². The van der Waals surface area contributed by atoms with E-state index in [1.165, 1.54) is 6.07 Å². The highest BCUT2D eigenvalue weighted by Crippen LogP contribution is 2.25. The average molecular weight is 373 g/mol. The van der Waals surface area contributed by atoms with Crippen LogP contribution in [0, 0.1) is 5.53 Å². The highest BCUT2D eigenvalue weighted by Gasteiger charge is 2.49. The van der Waals surface area contributed by atoms with Gasteiger partial charge in [0.1, 0.15) is 33.2 Å². The topological polar surface area (TPSA) is 136 Å². The van der Waals surface area contributed by atoms with Gasteiger partial charge in [0, 0.05) is 0 Å². The monoisotopic (exact) mass is 372 g/mol. The molecule has 0 radical (unpaired) electrons. The third-order valence-corrected chi connectivity index (χ3v) is 3.51. The van der Waals surface area contributed by atoms with Crippen molar-refractivity contribution in [2.75, 3.05) is 11.9 Å². The zero-order valence-corrected chi connectivity index (χ0v) is 12.5. The molecule has 1 aromatic rings. The summed E-state index contributed by atoms with van der Waals surface area (Å²) in [6, 6.07) is 1.83. The van der Waals surface area contributed by atoms with Gasteiger partial charge in [0.2, 0.25) is 4.91 Å². The van der Waals surface area contributed by atoms with Gasteiger partial charge in [-0.1, -0.05) is 6.07 Å². The van der Waals surface area contributed by atoms with Crippen LogP contribution >= 0.6 is 15.9 Å². The van der Waals surface area contributed by atoms with Crippen molar-refractivity contribution in [2.45, 2.75) is 18.3 Å². The van der Waals surface area contributed by atoms with Crippen LogP contribution in [0.15, 0.2) is 27.9 Å². The maximum absolute atomic E-state index is 14.2. The van der Waals surface area contributed by atoms with Gasteiger partial charge in [0.05, 0.1) is 6.54 Å². The van der Waals surface area contributed by atoms with Crippen LogP contribution in [0.4, 0.5) is 15.0 Å². The molecule has 1 aromatic heterocycles. The molecule has 1 saturated heterocycles. The molecule has 1 fully saturated rings. The van der Waals surface area contributed by atoms with E-state index in [-0.39, 0.29) is 5.82 Å². The third kappa shape index (κ3) is 3.26. The fraction of sp³-hybridized carbons (Fsp3) is 0.364. The highest BCUT2D eigenvalue weighted by molar-refractivity contribution is 9.10. The molecule has 2 rings (SSSR count). The fourth-order valence-electron chi connectivity index (χ4n) is 2.12. The molecule has 9 nitrogen and oxygen atoms in total. The van der Waals surface area contributed by atoms with Crippen molar-refractivity contribution in [3.05, 3.63) is 22.8 Å². The van der Waals surface area contributed by atoms with Crippen LogP contribution < -0.4 is 15.3 Å². The molecule has 2 N–H and O–H groups in total. The number of hydrogen-bond donors (Lipinski definition) is 2. The van der Waals surface area contributed by atoms with Gasteiger partial charge in [-0.05, 0) is 28.1 Å². The number of anilines is 1. The molecule has 3 unspecified atom stereocenters. The number of carbonyl (C=O) groups excluding carboxylic acids is 2. The van der Waals surface area contributed by atoms with Crippen LogP contribution in [0.5, 0.6) is 0 Å². The van der Waals surface area contributed by atoms with Crippen molar-refractivity contribution in [1.29, 1.82) is 5.53 Å². The summed E-state index contributed by atoms with van der Waals surface area (Å²) in [5, 5.41) is 16.6. The van der Waals surface area contributed by atoms with Crippen LogP contribution in [-0.4, -0.2) is 46.7 Å². The molecule has 2 heterocycles. The minimum Gasteiger partial charge on any atom is -0.530 e. The van der Waals surface area contributed by atoms with Crippen LogP contribution in [0.2, 0.25) is 0 Å². The Morgan fingerprint density at radius 2 is 2.32 bits per heavy atom. The number of rotatable bonds is 3. The molecular formula is C11H10BrFN6O3. The Morgan fingerprint density at radius 3 is 2.91 bits per heavy atom. The molecule has 0 spiro atoms. The van der Waals surface area contributed by atoms with E-state index in [2.05, 4.69) is 36.3 Å². The van der Waals surface area contributed by atoms with Gasteiger partial charge in [-0.2, -0.15) is 0 Å². The van der Waals surface area contributed by atoms with Crippen molar-refractivity contribution >= 4 is 33.7 Å². The number of nitrogens with one attached hydrogen (secondary N) is 2. The number of likely N-dealkylation sites (tertiary alicyclic amines) is 1. The lowest BCUT2D eigenvalue weighted by molar-refractivity contribution is -0.266. The van der Waals surface area contributed by atoms with Crippen molar-refractivity contribution in [3.63, 3.8) is 0 Å². The Balaban J connectivity index is 2.21. The fourth-order valence-corrected chi connectivity index (χ4v) is 2.47. The van der Waals surface area contributed by atoms with Crippen LogP contribution in [0.1, 0.15) is 0 Å². The smallest absolute Gasteiger partial charge is 0.251 e. The normalized spacial score (nSPS) is 23.7. The van der Waals surface area contributed by atoms with Gasteiger partial charge < -0.3 is 20.1 Å². The molecule has 116 valence electrons. The molecule has 22 heavy (non-hydrogen) atoms. The minimum atomic E-state index is -1.93. The predicted molar refractivity (Wildman–Crippen MR) is 72.4 cm³/mol. The Morgan fingerprint density at radius 1 is 1.59 bits per heavy atom. The van der Waals surface area contributed by atoms with E-state index in [4.69, 9.17) is 5.53 Å². The second-order valence-electron chi connectivity index (χ2n) is 4.43. The first kappa shape index (κ1) is 16.0. The van der Waals surface area contributed by atoms with Gasteiger partial charge in [0.25, 0.3) is 5.91 Å². The van der Waals surface area contributed by atoms with Crippen molar-refractivity contribution in [3.8, 4) is 0 Å². The Labute approximate surface area is 131 Å². The number of carboxylic acid groups (broad SMARTS) is 1. The second-order valence-corrected chi connectivity index (χ2v) is 5.24. The number of alkyl halides is 1. The van der Waals surface area contributed by atoms with Crippen LogP contribution in [0.3, 0.4) is 0 Å². The standard InChI is InChI=1S/C11H10BrFN6O3/c12-6-2-1-3-7(15-6)16-10(20)9-8(13)5(17-18-14)4-19(9)11(21)22/h1-3,5,8-9,14H,4H2,(H-,15,16,20,21,22). The van der Waals surface area contributed by atoms with Crippen molar-refractivity contribution in [1.82, 2.24) is 14.8 Å². The number of pyridine rings is 1. The summed E-state index contributed by atoms with van der Waals surface area (Å²) in [5.41, 5.74) is 6.60. The van der Waals surface area contributed by atoms with Gasteiger partial charge in [-0.15, -0.1) is 0 Å². The van der Waals surface area contributed by atoms with Crippen LogP contribution in [-0.2, 0) is 4.79 Å². The molecule has 0 saturated carbocycles. The quantitative estimate of drug-likeness (QED) is 0.440. The molecule has 0 aromatic carbocycles. The molecule has 1 aliphatic rings. The highest BCUT2D eigenvalue weighted by atomic mass is 79.9. The Kier molecular flexibility index (Phi) is 4.78. The van der Waals surface area contributed by atoms with Gasteiger partial charge in [0.15, 0.2) is 12.2 Å². The summed E-state index contributed by atoms with van der Waals surface area (Å²) >= 11 is 3.11. The SMILES string of the molecule is N=[N+]=NC1CN(C(=O)[O-])C(C(=O)Nc2cccc(Br)n2)C1F. The van der Waals surface area contributed by atoms with E-state index in [9.17, 15) is 19.1 Å². The maximum Gasteiger partial charge on any atom is 0.251 e. The zero-order valence-electron chi connectivity index (χ0n) is 10.9. The van der Waals surface area contributed by atoms with E-state index < -0.39 is 36.8 Å². The first-order valence-electron chi connectivity index (χ1n) is 6.05. The first-order valence-corrected chi connectivity index (χ1v) is 6.85. The van der Waals surface area contributed by atoms with Gasteiger partial charge in [-0.25, -0.2) is 9.37 Å². The lowest BCUT2D eigenvalue weighted by Crippen LogP contribution is -2.51. The third-order valence-electron chi connectivity index (χ3n) is 3.06. The predicted octanol–water partition coefficient (Wildman–Crippen LogP) is 0.0672. The summed E-state index contributed by atoms with van der Waals surface area (Å²) in [4.78, 5) is 30.4. The number of carbonyl (C=O) groups is 2. The second kappa shape index (κ2) is 6.58. The van der Waals surface area contributed by atoms with Crippen molar-refractivity contribution < 1.29 is 19.1 Å². The Hall–Kier alpha value is -2.39. The minimum absolute atomic E-state index is 0.135. The summed E-state index contributed by atoms with van der Waals surface area (Å²) in [7, 11) is 0. The number of hydrogen-bond acceptors (Lipinski definition) is 6.